The molecule has 0 spiro atoms. The number of aliphatic hydroxyl groups is 1. The van der Waals surface area contributed by atoms with Gasteiger partial charge in [-0.2, -0.15) is 5.10 Å². The number of hydrogen-bond donors (Lipinski definition) is 3. The van der Waals surface area contributed by atoms with E-state index in [-0.39, 0.29) is 11.9 Å². The van der Waals surface area contributed by atoms with Gasteiger partial charge in [-0.25, -0.2) is 4.39 Å². The number of nitrogens with zero attached hydrogens (tertiary/aromatic N) is 1. The average Bonchev–Trinajstić information content (AvgIpc) is 3.25. The molecule has 0 aliphatic rings. The average molecular weight is 329 g/mol. The minimum atomic E-state index is -0.636. The molecule has 0 saturated heterocycles. The lowest BCUT2D eigenvalue weighted by Crippen LogP contribution is -2.27. The zero-order chi connectivity index (χ0) is 16.9. The maximum absolute atomic E-state index is 13.1. The van der Waals surface area contributed by atoms with Crippen LogP contribution in [-0.4, -0.2) is 21.3 Å². The molecule has 0 saturated carbocycles. The number of aliphatic hydroxyl groups excluding tert-OH is 1. The molecule has 126 valence electrons. The molecule has 3 aromatic rings. The van der Waals surface area contributed by atoms with Crippen molar-refractivity contribution < 1.29 is 13.9 Å². The van der Waals surface area contributed by atoms with E-state index < -0.39 is 6.10 Å². The van der Waals surface area contributed by atoms with Gasteiger partial charge in [0, 0.05) is 23.7 Å². The second kappa shape index (κ2) is 7.42. The number of halogens is 1. The van der Waals surface area contributed by atoms with Gasteiger partial charge in [0.1, 0.15) is 17.7 Å². The van der Waals surface area contributed by atoms with Gasteiger partial charge < -0.3 is 14.8 Å². The summed E-state index contributed by atoms with van der Waals surface area (Å²) < 4.78 is 18.3. The van der Waals surface area contributed by atoms with Crippen molar-refractivity contribution in [3.8, 4) is 11.3 Å². The number of rotatable bonds is 7. The van der Waals surface area contributed by atoms with Gasteiger partial charge in [-0.1, -0.05) is 0 Å². The van der Waals surface area contributed by atoms with E-state index >= 15 is 0 Å². The van der Waals surface area contributed by atoms with Crippen molar-refractivity contribution >= 4 is 0 Å². The molecule has 0 amide bonds. The molecule has 0 aliphatic carbocycles. The Morgan fingerprint density at radius 1 is 1.29 bits per heavy atom. The third-order valence-corrected chi connectivity index (χ3v) is 3.94. The van der Waals surface area contributed by atoms with E-state index in [1.54, 1.807) is 36.7 Å². The van der Waals surface area contributed by atoms with Crippen molar-refractivity contribution in [3.63, 3.8) is 0 Å². The lowest BCUT2D eigenvalue weighted by atomic mass is 10.1. The molecule has 1 aromatic carbocycles. The fourth-order valence-electron chi connectivity index (χ4n) is 2.61. The van der Waals surface area contributed by atoms with Gasteiger partial charge in [-0.3, -0.25) is 5.10 Å². The summed E-state index contributed by atoms with van der Waals surface area (Å²) in [7, 11) is 0. The van der Waals surface area contributed by atoms with Gasteiger partial charge in [0.15, 0.2) is 0 Å². The fourth-order valence-corrected chi connectivity index (χ4v) is 2.61. The number of benzene rings is 1. The molecule has 2 heterocycles. The monoisotopic (exact) mass is 329 g/mol. The van der Waals surface area contributed by atoms with E-state index in [2.05, 4.69) is 15.5 Å². The molecule has 5 nitrogen and oxygen atoms in total. The van der Waals surface area contributed by atoms with Gasteiger partial charge in [0.05, 0.1) is 18.2 Å². The molecule has 24 heavy (non-hydrogen) atoms. The predicted octanol–water partition coefficient (Wildman–Crippen LogP) is 3.41. The molecule has 3 rings (SSSR count). The Morgan fingerprint density at radius 3 is 2.79 bits per heavy atom. The lowest BCUT2D eigenvalue weighted by Gasteiger charge is -2.16. The Morgan fingerprint density at radius 2 is 2.08 bits per heavy atom. The largest absolute Gasteiger partial charge is 0.467 e. The first-order chi connectivity index (χ1) is 11.6. The maximum atomic E-state index is 13.1. The standard InChI is InChI=1S/C18H20FN3O2/c1-12(9-16(23)17-3-2-8-24-17)20-10-14-11-21-22-18(14)13-4-6-15(19)7-5-13/h2-8,11-12,16,20,23H,9-10H2,1H3,(H,21,22). The molecular formula is C18H20FN3O2. The molecule has 3 N–H and O–H groups in total. The topological polar surface area (TPSA) is 74.1 Å². The van der Waals surface area contributed by atoms with E-state index in [1.165, 1.54) is 12.1 Å². The van der Waals surface area contributed by atoms with Crippen LogP contribution in [-0.2, 0) is 6.54 Å². The summed E-state index contributed by atoms with van der Waals surface area (Å²) in [6, 6.07) is 9.90. The Kier molecular flexibility index (Phi) is 5.08. The summed E-state index contributed by atoms with van der Waals surface area (Å²) in [6.45, 7) is 2.60. The van der Waals surface area contributed by atoms with Crippen molar-refractivity contribution in [1.29, 1.82) is 0 Å². The summed E-state index contributed by atoms with van der Waals surface area (Å²) in [4.78, 5) is 0. The summed E-state index contributed by atoms with van der Waals surface area (Å²) in [5, 5.41) is 20.5. The maximum Gasteiger partial charge on any atom is 0.132 e. The molecule has 6 heteroatoms. The first-order valence-corrected chi connectivity index (χ1v) is 7.86. The van der Waals surface area contributed by atoms with Crippen LogP contribution in [0.2, 0.25) is 0 Å². The van der Waals surface area contributed by atoms with Crippen LogP contribution in [0.1, 0.15) is 30.8 Å². The van der Waals surface area contributed by atoms with Gasteiger partial charge >= 0.3 is 0 Å². The number of hydrogen-bond acceptors (Lipinski definition) is 4. The van der Waals surface area contributed by atoms with E-state index in [1.807, 2.05) is 6.92 Å². The summed E-state index contributed by atoms with van der Waals surface area (Å²) in [5.41, 5.74) is 2.73. The van der Waals surface area contributed by atoms with E-state index in [9.17, 15) is 9.50 Å². The highest BCUT2D eigenvalue weighted by Gasteiger charge is 2.15. The Balaban J connectivity index is 1.59. The van der Waals surface area contributed by atoms with Crippen LogP contribution in [0.3, 0.4) is 0 Å². The smallest absolute Gasteiger partial charge is 0.132 e. The van der Waals surface area contributed by atoms with Gasteiger partial charge in [-0.05, 0) is 49.7 Å². The third kappa shape index (κ3) is 3.90. The van der Waals surface area contributed by atoms with Crippen molar-refractivity contribution in [2.75, 3.05) is 0 Å². The lowest BCUT2D eigenvalue weighted by molar-refractivity contribution is 0.128. The van der Waals surface area contributed by atoms with Crippen LogP contribution in [0, 0.1) is 5.82 Å². The minimum Gasteiger partial charge on any atom is -0.467 e. The second-order valence-corrected chi connectivity index (χ2v) is 5.83. The Hall–Kier alpha value is -2.44. The van der Waals surface area contributed by atoms with E-state index in [4.69, 9.17) is 4.42 Å². The summed E-state index contributed by atoms with van der Waals surface area (Å²) in [6.07, 6.45) is 3.21. The van der Waals surface area contributed by atoms with Crippen LogP contribution in [0.4, 0.5) is 4.39 Å². The molecule has 0 radical (unpaired) electrons. The van der Waals surface area contributed by atoms with E-state index in [0.717, 1.165) is 16.8 Å². The van der Waals surface area contributed by atoms with Gasteiger partial charge in [-0.15, -0.1) is 0 Å². The van der Waals surface area contributed by atoms with Gasteiger partial charge in [0.25, 0.3) is 0 Å². The van der Waals surface area contributed by atoms with Crippen molar-refractivity contribution in [2.24, 2.45) is 0 Å². The van der Waals surface area contributed by atoms with Gasteiger partial charge in [0.2, 0.25) is 0 Å². The Bertz CT molecular complexity index is 753. The van der Waals surface area contributed by atoms with Crippen molar-refractivity contribution in [1.82, 2.24) is 15.5 Å². The molecule has 0 bridgehead atoms. The molecule has 0 fully saturated rings. The first kappa shape index (κ1) is 16.4. The zero-order valence-electron chi connectivity index (χ0n) is 13.4. The summed E-state index contributed by atoms with van der Waals surface area (Å²) >= 11 is 0. The number of aromatic amines is 1. The van der Waals surface area contributed by atoms with Crippen molar-refractivity contribution in [3.05, 3.63) is 66.0 Å². The second-order valence-electron chi connectivity index (χ2n) is 5.83. The molecule has 2 atom stereocenters. The van der Waals surface area contributed by atoms with E-state index in [0.29, 0.717) is 18.7 Å². The number of furan rings is 1. The molecule has 2 aromatic heterocycles. The quantitative estimate of drug-likeness (QED) is 0.621. The van der Waals surface area contributed by atoms with Crippen LogP contribution >= 0.6 is 0 Å². The highest BCUT2D eigenvalue weighted by atomic mass is 19.1. The fraction of sp³-hybridized carbons (Fsp3) is 0.278. The highest BCUT2D eigenvalue weighted by Crippen LogP contribution is 2.22. The molecular weight excluding hydrogens is 309 g/mol. The van der Waals surface area contributed by atoms with Crippen LogP contribution < -0.4 is 5.32 Å². The Labute approximate surface area is 139 Å². The van der Waals surface area contributed by atoms with Crippen LogP contribution in [0.25, 0.3) is 11.3 Å². The normalized spacial score (nSPS) is 13.8. The van der Waals surface area contributed by atoms with Crippen molar-refractivity contribution in [2.45, 2.75) is 32.0 Å². The molecule has 0 aliphatic heterocycles. The molecule has 2 unspecified atom stereocenters. The summed E-state index contributed by atoms with van der Waals surface area (Å²) in [5.74, 6) is 0.303. The predicted molar refractivity (Wildman–Crippen MR) is 88.6 cm³/mol. The number of nitrogens with one attached hydrogen (secondary N) is 2. The highest BCUT2D eigenvalue weighted by molar-refractivity contribution is 5.62. The minimum absolute atomic E-state index is 0.0843. The van der Waals surface area contributed by atoms with Crippen LogP contribution in [0.5, 0.6) is 0 Å². The van der Waals surface area contributed by atoms with Crippen LogP contribution in [0.15, 0.2) is 53.3 Å². The third-order valence-electron chi connectivity index (χ3n) is 3.94. The zero-order valence-corrected chi connectivity index (χ0v) is 13.4. The number of aromatic nitrogens is 2. The number of H-pyrrole nitrogens is 1. The SMILES string of the molecule is CC(CC(O)c1ccco1)NCc1cn[nH]c1-c1ccc(F)cc1. The first-order valence-electron chi connectivity index (χ1n) is 7.86.